The van der Waals surface area contributed by atoms with Crippen LogP contribution in [0.25, 0.3) is 0 Å². The van der Waals surface area contributed by atoms with Crippen molar-refractivity contribution in [3.63, 3.8) is 0 Å². The van der Waals surface area contributed by atoms with Crippen molar-refractivity contribution in [2.24, 2.45) is 5.92 Å². The normalized spacial score (nSPS) is 19.5. The number of amides is 1. The third-order valence-corrected chi connectivity index (χ3v) is 3.36. The van der Waals surface area contributed by atoms with Crippen molar-refractivity contribution >= 4 is 5.91 Å². The fraction of sp³-hybridized carbons (Fsp3) is 0.562. The summed E-state index contributed by atoms with van der Waals surface area (Å²) in [6, 6.07) is 9.86. The predicted molar refractivity (Wildman–Crippen MR) is 76.1 cm³/mol. The Kier molecular flexibility index (Phi) is 4.83. The molecule has 1 aliphatic heterocycles. The first-order valence-electron chi connectivity index (χ1n) is 7.14. The van der Waals surface area contributed by atoms with Crippen LogP contribution in [0, 0.1) is 5.92 Å². The highest BCUT2D eigenvalue weighted by Gasteiger charge is 2.24. The molecule has 1 saturated heterocycles. The summed E-state index contributed by atoms with van der Waals surface area (Å²) in [5, 5.41) is 0. The summed E-state index contributed by atoms with van der Waals surface area (Å²) in [5.41, 5.74) is 0. The Morgan fingerprint density at radius 1 is 1.37 bits per heavy atom. The quantitative estimate of drug-likeness (QED) is 0.833. The van der Waals surface area contributed by atoms with Crippen LogP contribution < -0.4 is 4.74 Å². The van der Waals surface area contributed by atoms with Crippen molar-refractivity contribution in [2.75, 3.05) is 13.1 Å². The van der Waals surface area contributed by atoms with Gasteiger partial charge < -0.3 is 9.64 Å². The number of ether oxygens (including phenoxy) is 1. The lowest BCUT2D eigenvalue weighted by molar-refractivity contribution is -0.134. The lowest BCUT2D eigenvalue weighted by Crippen LogP contribution is -2.44. The minimum atomic E-state index is 0.132. The third kappa shape index (κ3) is 4.27. The highest BCUT2D eigenvalue weighted by molar-refractivity contribution is 5.76. The largest absolute Gasteiger partial charge is 0.489 e. The minimum absolute atomic E-state index is 0.132. The number of likely N-dealkylation sites (tertiary alicyclic amines) is 1. The smallest absolute Gasteiger partial charge is 0.222 e. The summed E-state index contributed by atoms with van der Waals surface area (Å²) in [6.07, 6.45) is 2.83. The zero-order chi connectivity index (χ0) is 13.7. The minimum Gasteiger partial charge on any atom is -0.489 e. The van der Waals surface area contributed by atoms with Gasteiger partial charge in [-0.25, -0.2) is 0 Å². The van der Waals surface area contributed by atoms with E-state index in [4.69, 9.17) is 4.74 Å². The molecule has 3 nitrogen and oxygen atoms in total. The van der Waals surface area contributed by atoms with Gasteiger partial charge in [-0.2, -0.15) is 0 Å². The van der Waals surface area contributed by atoms with E-state index in [0.717, 1.165) is 31.7 Å². The first-order valence-corrected chi connectivity index (χ1v) is 7.14. The number of nitrogens with zero attached hydrogens (tertiary/aromatic N) is 1. The van der Waals surface area contributed by atoms with Gasteiger partial charge in [-0.05, 0) is 30.9 Å². The van der Waals surface area contributed by atoms with Crippen molar-refractivity contribution in [1.29, 1.82) is 0 Å². The molecule has 0 radical (unpaired) electrons. The molecule has 1 aromatic rings. The Balaban J connectivity index is 1.88. The summed E-state index contributed by atoms with van der Waals surface area (Å²) in [5.74, 6) is 1.57. The first kappa shape index (κ1) is 13.9. The molecule has 1 aliphatic rings. The van der Waals surface area contributed by atoms with Crippen molar-refractivity contribution in [1.82, 2.24) is 4.90 Å². The maximum atomic E-state index is 12.1. The summed E-state index contributed by atoms with van der Waals surface area (Å²) in [7, 11) is 0. The van der Waals surface area contributed by atoms with Crippen molar-refractivity contribution in [2.45, 2.75) is 39.2 Å². The van der Waals surface area contributed by atoms with E-state index in [1.54, 1.807) is 0 Å². The molecule has 1 unspecified atom stereocenters. The molecule has 19 heavy (non-hydrogen) atoms. The first-order chi connectivity index (χ1) is 9.15. The molecule has 0 aliphatic carbocycles. The number of hydrogen-bond acceptors (Lipinski definition) is 2. The molecule has 1 aromatic carbocycles. The third-order valence-electron chi connectivity index (χ3n) is 3.36. The van der Waals surface area contributed by atoms with Crippen LogP contribution in [-0.4, -0.2) is 30.0 Å². The van der Waals surface area contributed by atoms with Crippen LogP contribution in [0.15, 0.2) is 30.3 Å². The predicted octanol–water partition coefficient (Wildman–Crippen LogP) is 3.10. The van der Waals surface area contributed by atoms with Crippen molar-refractivity contribution < 1.29 is 9.53 Å². The highest BCUT2D eigenvalue weighted by atomic mass is 16.5. The van der Waals surface area contributed by atoms with Crippen molar-refractivity contribution in [3.05, 3.63) is 30.3 Å². The van der Waals surface area contributed by atoms with Crippen LogP contribution in [0.2, 0.25) is 0 Å². The number of piperidine rings is 1. The van der Waals surface area contributed by atoms with Crippen molar-refractivity contribution in [3.8, 4) is 5.75 Å². The zero-order valence-corrected chi connectivity index (χ0v) is 11.8. The van der Waals surface area contributed by atoms with E-state index in [2.05, 4.69) is 13.8 Å². The van der Waals surface area contributed by atoms with Crippen LogP contribution in [-0.2, 0) is 4.79 Å². The highest BCUT2D eigenvalue weighted by Crippen LogP contribution is 2.19. The van der Waals surface area contributed by atoms with E-state index in [1.807, 2.05) is 35.2 Å². The Morgan fingerprint density at radius 3 is 2.79 bits per heavy atom. The van der Waals surface area contributed by atoms with Crippen LogP contribution in [0.5, 0.6) is 5.75 Å². The van der Waals surface area contributed by atoms with Gasteiger partial charge in [0.15, 0.2) is 0 Å². The maximum absolute atomic E-state index is 12.1. The van der Waals surface area contributed by atoms with Gasteiger partial charge in [0.2, 0.25) is 5.91 Å². The molecule has 1 amide bonds. The molecule has 0 saturated carbocycles. The summed E-state index contributed by atoms with van der Waals surface area (Å²) >= 11 is 0. The van der Waals surface area contributed by atoms with Gasteiger partial charge in [0, 0.05) is 13.0 Å². The van der Waals surface area contributed by atoms with Gasteiger partial charge in [-0.1, -0.05) is 32.0 Å². The molecule has 1 atom stereocenters. The van der Waals surface area contributed by atoms with E-state index >= 15 is 0 Å². The van der Waals surface area contributed by atoms with Gasteiger partial charge in [0.05, 0.1) is 6.54 Å². The summed E-state index contributed by atoms with van der Waals surface area (Å²) < 4.78 is 5.95. The molecule has 0 aromatic heterocycles. The molecule has 3 heteroatoms. The second kappa shape index (κ2) is 6.60. The SMILES string of the molecule is CC(C)CC(=O)N1CCCC(Oc2ccccc2)C1. The average molecular weight is 261 g/mol. The maximum Gasteiger partial charge on any atom is 0.222 e. The zero-order valence-electron chi connectivity index (χ0n) is 11.8. The Hall–Kier alpha value is -1.51. The second-order valence-corrected chi connectivity index (χ2v) is 5.63. The van der Waals surface area contributed by atoms with Crippen LogP contribution in [0.1, 0.15) is 33.1 Å². The van der Waals surface area contributed by atoms with E-state index in [1.165, 1.54) is 0 Å². The molecule has 1 fully saturated rings. The molecule has 0 bridgehead atoms. The molecule has 0 spiro atoms. The van der Waals surface area contributed by atoms with Gasteiger partial charge in [-0.15, -0.1) is 0 Å². The Labute approximate surface area is 115 Å². The molecular formula is C16H23NO2. The number of benzene rings is 1. The van der Waals surface area contributed by atoms with E-state index in [9.17, 15) is 4.79 Å². The number of para-hydroxylation sites is 1. The van der Waals surface area contributed by atoms with Gasteiger partial charge in [0.25, 0.3) is 0 Å². The van der Waals surface area contributed by atoms with Gasteiger partial charge in [-0.3, -0.25) is 4.79 Å². The number of hydrogen-bond donors (Lipinski definition) is 0. The molecule has 0 N–H and O–H groups in total. The molecule has 104 valence electrons. The monoisotopic (exact) mass is 261 g/mol. The fourth-order valence-corrected chi connectivity index (χ4v) is 2.43. The number of carbonyl (C=O) groups excluding carboxylic acids is 1. The second-order valence-electron chi connectivity index (χ2n) is 5.63. The van der Waals surface area contributed by atoms with Gasteiger partial charge >= 0.3 is 0 Å². The van der Waals surface area contributed by atoms with E-state index in [-0.39, 0.29) is 12.0 Å². The summed E-state index contributed by atoms with van der Waals surface area (Å²) in [4.78, 5) is 14.0. The van der Waals surface area contributed by atoms with Crippen LogP contribution in [0.4, 0.5) is 0 Å². The summed E-state index contributed by atoms with van der Waals surface area (Å²) in [6.45, 7) is 5.76. The average Bonchev–Trinajstić information content (AvgIpc) is 2.39. The number of carbonyl (C=O) groups is 1. The van der Waals surface area contributed by atoms with E-state index in [0.29, 0.717) is 12.3 Å². The van der Waals surface area contributed by atoms with E-state index < -0.39 is 0 Å². The van der Waals surface area contributed by atoms with Crippen LogP contribution >= 0.6 is 0 Å². The lowest BCUT2D eigenvalue weighted by atomic mass is 10.1. The fourth-order valence-electron chi connectivity index (χ4n) is 2.43. The van der Waals surface area contributed by atoms with Crippen LogP contribution in [0.3, 0.4) is 0 Å². The number of rotatable bonds is 4. The lowest BCUT2D eigenvalue weighted by Gasteiger charge is -2.33. The topological polar surface area (TPSA) is 29.5 Å². The Morgan fingerprint density at radius 2 is 2.11 bits per heavy atom. The Bertz CT molecular complexity index is 402. The standard InChI is InChI=1S/C16H23NO2/c1-13(2)11-16(18)17-10-6-9-15(12-17)19-14-7-4-3-5-8-14/h3-5,7-8,13,15H,6,9-12H2,1-2H3. The molecule has 2 rings (SSSR count). The molecular weight excluding hydrogens is 238 g/mol. The van der Waals surface area contributed by atoms with Gasteiger partial charge in [0.1, 0.15) is 11.9 Å². The molecule has 1 heterocycles.